The van der Waals surface area contributed by atoms with Gasteiger partial charge in [0.25, 0.3) is 15.9 Å². The summed E-state index contributed by atoms with van der Waals surface area (Å²) in [5.41, 5.74) is 1.67. The second-order valence-electron chi connectivity index (χ2n) is 11.0. The first-order chi connectivity index (χ1) is 20.0. The topological polar surface area (TPSA) is 144 Å². The number of amides is 1. The third-order valence-corrected chi connectivity index (χ3v) is 9.16. The van der Waals surface area contributed by atoms with Gasteiger partial charge in [-0.05, 0) is 63.7 Å². The number of nitrogens with zero attached hydrogens (tertiary/aromatic N) is 3. The van der Waals surface area contributed by atoms with E-state index >= 15 is 0 Å². The lowest BCUT2D eigenvalue weighted by atomic mass is 9.99. The Kier molecular flexibility index (Phi) is 8.35. The molecule has 0 radical (unpaired) electrons. The molecule has 0 unspecified atom stereocenters. The van der Waals surface area contributed by atoms with Crippen molar-refractivity contribution in [3.05, 3.63) is 59.0 Å². The lowest BCUT2D eigenvalue weighted by Gasteiger charge is -2.38. The zero-order valence-electron chi connectivity index (χ0n) is 24.3. The summed E-state index contributed by atoms with van der Waals surface area (Å²) in [7, 11) is -2.04. The van der Waals surface area contributed by atoms with Crippen molar-refractivity contribution in [1.29, 1.82) is 0 Å². The summed E-state index contributed by atoms with van der Waals surface area (Å²) in [5.74, 6) is 1.51. The quantitative estimate of drug-likeness (QED) is 0.376. The second kappa shape index (κ2) is 11.8. The van der Waals surface area contributed by atoms with E-state index in [-0.39, 0.29) is 58.9 Å². The number of ether oxygens (including phenoxy) is 3. The smallest absolute Gasteiger partial charge is 0.267 e. The fourth-order valence-electron chi connectivity index (χ4n) is 5.29. The normalized spacial score (nSPS) is 19.2. The van der Waals surface area contributed by atoms with E-state index in [4.69, 9.17) is 18.7 Å². The first-order valence-corrected chi connectivity index (χ1v) is 15.2. The summed E-state index contributed by atoms with van der Waals surface area (Å²) in [6, 6.07) is 10.0. The Bertz CT molecular complexity index is 1550. The molecule has 12 nitrogen and oxygen atoms in total. The van der Waals surface area contributed by atoms with Gasteiger partial charge in [0.15, 0.2) is 22.2 Å². The van der Waals surface area contributed by atoms with E-state index in [1.807, 2.05) is 32.2 Å². The molecule has 0 saturated carbocycles. The molecule has 3 atom stereocenters. The number of anilines is 1. The molecule has 42 heavy (non-hydrogen) atoms. The van der Waals surface area contributed by atoms with Gasteiger partial charge in [0.05, 0.1) is 18.2 Å². The molecule has 1 amide bonds. The van der Waals surface area contributed by atoms with Crippen LogP contribution in [0.2, 0.25) is 0 Å². The van der Waals surface area contributed by atoms with Gasteiger partial charge in [0.1, 0.15) is 17.5 Å². The number of carbonyl (C=O) groups excluding carboxylic acids is 1. The highest BCUT2D eigenvalue weighted by Gasteiger charge is 2.34. The van der Waals surface area contributed by atoms with Crippen molar-refractivity contribution in [2.75, 3.05) is 38.3 Å². The number of aromatic nitrogens is 1. The lowest BCUT2D eigenvalue weighted by molar-refractivity contribution is 0.0341. The maximum Gasteiger partial charge on any atom is 0.267 e. The van der Waals surface area contributed by atoms with Crippen molar-refractivity contribution in [3.63, 3.8) is 0 Å². The third kappa shape index (κ3) is 6.03. The molecule has 0 fully saturated rings. The molecule has 3 aromatic rings. The number of carbonyl (C=O) groups is 1. The molecule has 0 spiro atoms. The van der Waals surface area contributed by atoms with Crippen LogP contribution in [0.1, 0.15) is 41.2 Å². The summed E-state index contributed by atoms with van der Waals surface area (Å²) in [4.78, 5) is 17.5. The maximum absolute atomic E-state index is 13.8. The Morgan fingerprint density at radius 1 is 1.14 bits per heavy atom. The van der Waals surface area contributed by atoms with Crippen molar-refractivity contribution in [1.82, 2.24) is 15.0 Å². The van der Waals surface area contributed by atoms with Crippen LogP contribution in [0.5, 0.6) is 17.2 Å². The minimum atomic E-state index is -4.03. The largest absolute Gasteiger partial charge is 0.488 e. The number of aliphatic hydroxyl groups is 1. The van der Waals surface area contributed by atoms with E-state index < -0.39 is 16.1 Å². The van der Waals surface area contributed by atoms with Crippen LogP contribution in [0, 0.1) is 19.8 Å². The van der Waals surface area contributed by atoms with E-state index in [2.05, 4.69) is 14.8 Å². The van der Waals surface area contributed by atoms with E-state index in [1.165, 1.54) is 13.0 Å². The number of benzene rings is 2. The molecular weight excluding hydrogens is 564 g/mol. The van der Waals surface area contributed by atoms with Gasteiger partial charge in [-0.1, -0.05) is 18.1 Å². The zero-order chi connectivity index (χ0) is 30.2. The lowest BCUT2D eigenvalue weighted by Crippen LogP contribution is -2.49. The molecule has 13 heteroatoms. The number of aryl methyl sites for hydroxylation is 2. The molecule has 0 saturated heterocycles. The van der Waals surface area contributed by atoms with Crippen LogP contribution in [-0.4, -0.2) is 80.1 Å². The van der Waals surface area contributed by atoms with Crippen molar-refractivity contribution in [2.24, 2.45) is 5.92 Å². The summed E-state index contributed by atoms with van der Waals surface area (Å²) in [5, 5.41) is 13.7. The molecule has 2 aliphatic heterocycles. The van der Waals surface area contributed by atoms with Crippen molar-refractivity contribution in [3.8, 4) is 17.2 Å². The van der Waals surface area contributed by atoms with Crippen LogP contribution in [0.25, 0.3) is 0 Å². The number of hydrogen-bond acceptors (Lipinski definition) is 10. The van der Waals surface area contributed by atoms with Crippen LogP contribution in [-0.2, 0) is 16.6 Å². The van der Waals surface area contributed by atoms with Crippen molar-refractivity contribution < 1.29 is 37.1 Å². The van der Waals surface area contributed by atoms with Crippen LogP contribution in [0.4, 0.5) is 5.69 Å². The molecule has 226 valence electrons. The van der Waals surface area contributed by atoms with Gasteiger partial charge in [0.2, 0.25) is 6.79 Å². The molecule has 0 aliphatic carbocycles. The van der Waals surface area contributed by atoms with Gasteiger partial charge in [-0.2, -0.15) is 0 Å². The van der Waals surface area contributed by atoms with Gasteiger partial charge in [-0.3, -0.25) is 14.4 Å². The average Bonchev–Trinajstić information content (AvgIpc) is 3.55. The highest BCUT2D eigenvalue weighted by Crippen LogP contribution is 2.34. The predicted molar refractivity (Wildman–Crippen MR) is 153 cm³/mol. The molecular formula is C29H36N4O8S. The molecule has 3 heterocycles. The summed E-state index contributed by atoms with van der Waals surface area (Å²) in [6.45, 7) is 8.37. The van der Waals surface area contributed by atoms with Crippen molar-refractivity contribution in [2.45, 2.75) is 51.3 Å². The first kappa shape index (κ1) is 29.7. The number of nitrogens with one attached hydrogen (secondary N) is 1. The fraction of sp³-hybridized carbons (Fsp3) is 0.448. The number of aliphatic hydroxyl groups excluding tert-OH is 1. The van der Waals surface area contributed by atoms with Crippen LogP contribution < -0.4 is 18.9 Å². The zero-order valence-corrected chi connectivity index (χ0v) is 25.1. The second-order valence-corrected chi connectivity index (χ2v) is 12.6. The molecule has 2 aromatic carbocycles. The van der Waals surface area contributed by atoms with Gasteiger partial charge >= 0.3 is 0 Å². The Labute approximate surface area is 245 Å². The molecule has 2 N–H and O–H groups in total. The van der Waals surface area contributed by atoms with E-state index in [9.17, 15) is 18.3 Å². The number of sulfonamides is 1. The van der Waals surface area contributed by atoms with Gasteiger partial charge in [-0.15, -0.1) is 0 Å². The fourth-order valence-corrected chi connectivity index (χ4v) is 6.67. The van der Waals surface area contributed by atoms with Crippen molar-refractivity contribution >= 4 is 21.6 Å². The minimum absolute atomic E-state index is 0.0493. The number of likely N-dealkylation sites (N-methyl/N-ethyl adjacent to an activating group) is 1. The van der Waals surface area contributed by atoms with Crippen LogP contribution in [0.15, 0.2) is 45.8 Å². The van der Waals surface area contributed by atoms with Gasteiger partial charge in [-0.25, -0.2) is 8.42 Å². The summed E-state index contributed by atoms with van der Waals surface area (Å²) < 4.78 is 51.2. The van der Waals surface area contributed by atoms with E-state index in [0.29, 0.717) is 25.4 Å². The standard InChI is InChI=1S/C29H36N4O8S/c1-17-12-33(18(2)15-34)29(35)23-11-22(31-42(36,37)28-19(3)30-41-20(28)4)7-9-24(23)40-27(17)14-32(5)13-21-6-8-25-26(10-21)39-16-38-25/h6-11,17-18,27,31,34H,12-16H2,1-5H3/t17-,18+,27+/m0/s1. The molecule has 0 bridgehead atoms. The highest BCUT2D eigenvalue weighted by atomic mass is 32.2. The summed E-state index contributed by atoms with van der Waals surface area (Å²) >= 11 is 0. The Morgan fingerprint density at radius 2 is 1.88 bits per heavy atom. The summed E-state index contributed by atoms with van der Waals surface area (Å²) in [6.07, 6.45) is -0.311. The monoisotopic (exact) mass is 600 g/mol. The number of rotatable bonds is 9. The Morgan fingerprint density at radius 3 is 2.60 bits per heavy atom. The first-order valence-electron chi connectivity index (χ1n) is 13.7. The molecule has 2 aliphatic rings. The van der Waals surface area contributed by atoms with E-state index in [0.717, 1.165) is 17.1 Å². The molecule has 1 aromatic heterocycles. The highest BCUT2D eigenvalue weighted by molar-refractivity contribution is 7.92. The molecule has 5 rings (SSSR count). The Balaban J connectivity index is 1.41. The average molecular weight is 601 g/mol. The van der Waals surface area contributed by atoms with E-state index in [1.54, 1.807) is 30.9 Å². The SMILES string of the molecule is Cc1noc(C)c1S(=O)(=O)Nc1ccc2c(c1)C(=O)N([C@H](C)CO)C[C@H](C)[C@@H](CN(C)Cc1ccc3c(c1)OCO3)O2. The maximum atomic E-state index is 13.8. The number of hydrogen-bond donors (Lipinski definition) is 2. The van der Waals surface area contributed by atoms with Gasteiger partial charge in [0, 0.05) is 31.2 Å². The number of fused-ring (bicyclic) bond motifs is 2. The minimum Gasteiger partial charge on any atom is -0.488 e. The van der Waals surface area contributed by atoms with Crippen LogP contribution in [0.3, 0.4) is 0 Å². The predicted octanol–water partition coefficient (Wildman–Crippen LogP) is 3.17. The van der Waals surface area contributed by atoms with Crippen LogP contribution >= 0.6 is 0 Å². The third-order valence-electron chi connectivity index (χ3n) is 7.53. The Hall–Kier alpha value is -3.81. The van der Waals surface area contributed by atoms with Gasteiger partial charge < -0.3 is 28.7 Å².